The van der Waals surface area contributed by atoms with Crippen LogP contribution in [0.4, 0.5) is 11.4 Å². The van der Waals surface area contributed by atoms with Gasteiger partial charge in [-0.2, -0.15) is 0 Å². The minimum atomic E-state index is -0.322. The van der Waals surface area contributed by atoms with Gasteiger partial charge in [-0.3, -0.25) is 4.79 Å². The highest BCUT2D eigenvalue weighted by molar-refractivity contribution is 5.86. The van der Waals surface area contributed by atoms with Crippen LogP contribution >= 0.6 is 0 Å². The number of nitrogens with one attached hydrogen (secondary N) is 1. The number of benzene rings is 1. The van der Waals surface area contributed by atoms with Gasteiger partial charge in [0.2, 0.25) is 5.91 Å². The molecule has 1 amide bonds. The van der Waals surface area contributed by atoms with E-state index in [1.807, 2.05) is 24.0 Å². The zero-order chi connectivity index (χ0) is 14.5. The Morgan fingerprint density at radius 3 is 3.10 bits per heavy atom. The average molecular weight is 279 g/mol. The number of nitrogen functional groups attached to an aromatic ring is 1. The lowest BCUT2D eigenvalue weighted by Crippen LogP contribution is -2.54. The van der Waals surface area contributed by atoms with Crippen LogP contribution in [0, 0.1) is 0 Å². The summed E-state index contributed by atoms with van der Waals surface area (Å²) in [5, 5.41) is 2.84. The number of nitrogens with zero attached hydrogens (tertiary/aromatic N) is 1. The van der Waals surface area contributed by atoms with Gasteiger partial charge in [0, 0.05) is 24.8 Å². The highest BCUT2D eigenvalue weighted by Gasteiger charge is 2.29. The van der Waals surface area contributed by atoms with Crippen molar-refractivity contribution in [3.63, 3.8) is 0 Å². The van der Waals surface area contributed by atoms with Crippen molar-refractivity contribution in [3.05, 3.63) is 18.2 Å². The van der Waals surface area contributed by atoms with Crippen molar-refractivity contribution in [1.29, 1.82) is 0 Å². The first kappa shape index (κ1) is 14.5. The minimum Gasteiger partial charge on any atom is -0.495 e. The van der Waals surface area contributed by atoms with E-state index in [1.54, 1.807) is 13.2 Å². The fourth-order valence-electron chi connectivity index (χ4n) is 2.30. The Morgan fingerprint density at radius 2 is 2.40 bits per heavy atom. The predicted molar refractivity (Wildman–Crippen MR) is 78.0 cm³/mol. The van der Waals surface area contributed by atoms with E-state index in [4.69, 9.17) is 15.2 Å². The summed E-state index contributed by atoms with van der Waals surface area (Å²) in [6, 6.07) is 5.22. The normalized spacial score (nSPS) is 18.7. The van der Waals surface area contributed by atoms with E-state index in [1.165, 1.54) is 0 Å². The quantitative estimate of drug-likeness (QED) is 0.790. The molecule has 1 aliphatic heterocycles. The standard InChI is InChI=1S/C14H21N3O3/c1-3-16-14(18)12-9-20-7-6-17(12)10-4-5-11(15)13(8-10)19-2/h4-5,8,12H,3,6-7,9,15H2,1-2H3,(H,16,18). The fraction of sp³-hybridized carbons (Fsp3) is 0.500. The largest absolute Gasteiger partial charge is 0.495 e. The molecule has 1 aromatic carbocycles. The van der Waals surface area contributed by atoms with Crippen LogP contribution in [0.25, 0.3) is 0 Å². The molecule has 110 valence electrons. The number of anilines is 2. The monoisotopic (exact) mass is 279 g/mol. The zero-order valence-electron chi connectivity index (χ0n) is 11.9. The molecule has 1 heterocycles. The average Bonchev–Trinajstić information content (AvgIpc) is 2.48. The van der Waals surface area contributed by atoms with Gasteiger partial charge < -0.3 is 25.4 Å². The van der Waals surface area contributed by atoms with Crippen LogP contribution in [0.3, 0.4) is 0 Å². The van der Waals surface area contributed by atoms with Crippen LogP contribution in [0.5, 0.6) is 5.75 Å². The number of nitrogens with two attached hydrogens (primary N) is 1. The molecule has 0 radical (unpaired) electrons. The maximum absolute atomic E-state index is 12.1. The first-order valence-corrected chi connectivity index (χ1v) is 6.73. The van der Waals surface area contributed by atoms with Crippen LogP contribution < -0.4 is 20.7 Å². The van der Waals surface area contributed by atoms with Crippen molar-refractivity contribution < 1.29 is 14.3 Å². The number of carbonyl (C=O) groups is 1. The number of methoxy groups -OCH3 is 1. The first-order chi connectivity index (χ1) is 9.67. The summed E-state index contributed by atoms with van der Waals surface area (Å²) >= 11 is 0. The number of likely N-dealkylation sites (N-methyl/N-ethyl adjacent to an activating group) is 1. The Kier molecular flexibility index (Phi) is 4.68. The third-order valence-electron chi connectivity index (χ3n) is 3.33. The molecule has 0 aromatic heterocycles. The van der Waals surface area contributed by atoms with Crippen LogP contribution in [-0.2, 0) is 9.53 Å². The fourth-order valence-corrected chi connectivity index (χ4v) is 2.30. The molecule has 0 bridgehead atoms. The van der Waals surface area contributed by atoms with Gasteiger partial charge in [-0.05, 0) is 19.1 Å². The van der Waals surface area contributed by atoms with Gasteiger partial charge in [-0.1, -0.05) is 0 Å². The van der Waals surface area contributed by atoms with Gasteiger partial charge in [0.15, 0.2) is 0 Å². The molecule has 2 rings (SSSR count). The number of hydrogen-bond acceptors (Lipinski definition) is 5. The maximum atomic E-state index is 12.1. The lowest BCUT2D eigenvalue weighted by Gasteiger charge is -2.36. The molecule has 1 atom stereocenters. The summed E-state index contributed by atoms with van der Waals surface area (Å²) in [5.74, 6) is 0.589. The Bertz CT molecular complexity index is 479. The molecule has 1 saturated heterocycles. The molecule has 6 nitrogen and oxygen atoms in total. The summed E-state index contributed by atoms with van der Waals surface area (Å²) in [6.07, 6.45) is 0. The maximum Gasteiger partial charge on any atom is 0.245 e. The first-order valence-electron chi connectivity index (χ1n) is 6.73. The second-order valence-corrected chi connectivity index (χ2v) is 4.60. The SMILES string of the molecule is CCNC(=O)C1COCCN1c1ccc(N)c(OC)c1. The molecule has 1 aliphatic rings. The third kappa shape index (κ3) is 2.96. The van der Waals surface area contributed by atoms with Crippen molar-refractivity contribution in [2.45, 2.75) is 13.0 Å². The van der Waals surface area contributed by atoms with E-state index in [0.29, 0.717) is 37.7 Å². The van der Waals surface area contributed by atoms with Crippen molar-refractivity contribution in [2.75, 3.05) is 44.0 Å². The Balaban J connectivity index is 2.25. The second-order valence-electron chi connectivity index (χ2n) is 4.60. The number of amides is 1. The molecule has 1 fully saturated rings. The van der Waals surface area contributed by atoms with Gasteiger partial charge >= 0.3 is 0 Å². The summed E-state index contributed by atoms with van der Waals surface area (Å²) < 4.78 is 10.7. The minimum absolute atomic E-state index is 0.0250. The summed E-state index contributed by atoms with van der Waals surface area (Å²) in [4.78, 5) is 14.1. The Labute approximate surface area is 118 Å². The predicted octanol–water partition coefficient (Wildman–Crippen LogP) is 0.619. The van der Waals surface area contributed by atoms with E-state index in [-0.39, 0.29) is 11.9 Å². The number of ether oxygens (including phenoxy) is 2. The van der Waals surface area contributed by atoms with Gasteiger partial charge in [-0.15, -0.1) is 0 Å². The second kappa shape index (κ2) is 6.47. The number of rotatable bonds is 4. The number of carbonyl (C=O) groups excluding carboxylic acids is 1. The molecule has 1 unspecified atom stereocenters. The van der Waals surface area contributed by atoms with E-state index < -0.39 is 0 Å². The number of morpholine rings is 1. The van der Waals surface area contributed by atoms with Crippen molar-refractivity contribution in [2.24, 2.45) is 0 Å². The van der Waals surface area contributed by atoms with Gasteiger partial charge in [0.25, 0.3) is 0 Å². The Hall–Kier alpha value is -1.95. The highest BCUT2D eigenvalue weighted by Crippen LogP contribution is 2.29. The lowest BCUT2D eigenvalue weighted by atomic mass is 10.1. The molecular formula is C14H21N3O3. The lowest BCUT2D eigenvalue weighted by molar-refractivity contribution is -0.124. The zero-order valence-corrected chi connectivity index (χ0v) is 11.9. The van der Waals surface area contributed by atoms with Crippen molar-refractivity contribution >= 4 is 17.3 Å². The third-order valence-corrected chi connectivity index (χ3v) is 3.33. The molecule has 3 N–H and O–H groups in total. The van der Waals surface area contributed by atoms with E-state index in [2.05, 4.69) is 5.32 Å². The molecule has 1 aromatic rings. The summed E-state index contributed by atoms with van der Waals surface area (Å²) in [7, 11) is 1.58. The molecular weight excluding hydrogens is 258 g/mol. The summed E-state index contributed by atoms with van der Waals surface area (Å²) in [5.41, 5.74) is 7.32. The van der Waals surface area contributed by atoms with Crippen LogP contribution in [0.1, 0.15) is 6.92 Å². The highest BCUT2D eigenvalue weighted by atomic mass is 16.5. The van der Waals surface area contributed by atoms with E-state index in [0.717, 1.165) is 5.69 Å². The van der Waals surface area contributed by atoms with Crippen molar-refractivity contribution in [3.8, 4) is 5.75 Å². The molecule has 0 aliphatic carbocycles. The van der Waals surface area contributed by atoms with Gasteiger partial charge in [0.1, 0.15) is 11.8 Å². The molecule has 20 heavy (non-hydrogen) atoms. The Morgan fingerprint density at radius 1 is 1.60 bits per heavy atom. The smallest absolute Gasteiger partial charge is 0.245 e. The molecule has 6 heteroatoms. The van der Waals surface area contributed by atoms with Gasteiger partial charge in [0.05, 0.1) is 26.0 Å². The van der Waals surface area contributed by atoms with Crippen LogP contribution in [0.2, 0.25) is 0 Å². The topological polar surface area (TPSA) is 76.8 Å². The van der Waals surface area contributed by atoms with E-state index in [9.17, 15) is 4.79 Å². The summed E-state index contributed by atoms with van der Waals surface area (Å²) in [6.45, 7) is 4.16. The molecule has 0 saturated carbocycles. The molecule has 0 spiro atoms. The number of hydrogen-bond donors (Lipinski definition) is 2. The van der Waals surface area contributed by atoms with Gasteiger partial charge in [-0.25, -0.2) is 0 Å². The van der Waals surface area contributed by atoms with Crippen LogP contribution in [-0.4, -0.2) is 45.4 Å². The van der Waals surface area contributed by atoms with Crippen molar-refractivity contribution in [1.82, 2.24) is 5.32 Å². The van der Waals surface area contributed by atoms with Crippen LogP contribution in [0.15, 0.2) is 18.2 Å². The van der Waals surface area contributed by atoms with E-state index >= 15 is 0 Å².